The molecule has 0 aromatic heterocycles. The molecule has 0 spiro atoms. The van der Waals surface area contributed by atoms with E-state index in [1.165, 1.54) is 77.0 Å². The maximum Gasteiger partial charge on any atom is -0.0295 e. The molecule has 0 nitrogen and oxygen atoms in total. The minimum absolute atomic E-state index is 0. The largest absolute Gasteiger partial charge is 0.0776 e. The van der Waals surface area contributed by atoms with Crippen LogP contribution in [0.2, 0.25) is 0 Å². The highest BCUT2D eigenvalue weighted by molar-refractivity contribution is 4.93. The second kappa shape index (κ2) is 11.2. The molecule has 0 amide bonds. The number of rotatable bonds is 6. The van der Waals surface area contributed by atoms with Crippen molar-refractivity contribution in [3.8, 4) is 0 Å². The predicted molar refractivity (Wildman–Crippen MR) is 136 cm³/mol. The van der Waals surface area contributed by atoms with Crippen LogP contribution in [0.15, 0.2) is 0 Å². The zero-order chi connectivity index (χ0) is 21.1. The van der Waals surface area contributed by atoms with Crippen LogP contribution in [-0.4, -0.2) is 0 Å². The minimum atomic E-state index is 0. The molecule has 3 fully saturated rings. The molecule has 3 unspecified atom stereocenters. The molecule has 30 heavy (non-hydrogen) atoms. The molecule has 3 rings (SSSR count). The van der Waals surface area contributed by atoms with Crippen molar-refractivity contribution in [1.82, 2.24) is 0 Å². The fraction of sp³-hybridized carbons (Fsp3) is 1.00. The van der Waals surface area contributed by atoms with Gasteiger partial charge in [-0.25, -0.2) is 0 Å². The minimum Gasteiger partial charge on any atom is -0.0776 e. The lowest BCUT2D eigenvalue weighted by Gasteiger charge is -2.49. The Bertz CT molecular complexity index is 467. The summed E-state index contributed by atoms with van der Waals surface area (Å²) in [6.45, 7) is 15.0. The monoisotopic (exact) mass is 418 g/mol. The summed E-state index contributed by atoms with van der Waals surface area (Å²) in [6.07, 6.45) is 22.8. The molecule has 3 saturated carbocycles. The van der Waals surface area contributed by atoms with E-state index in [2.05, 4.69) is 41.5 Å². The number of hydrogen-bond donors (Lipinski definition) is 0. The molecule has 3 atom stereocenters. The number of hydrogen-bond acceptors (Lipinski definition) is 0. The third-order valence-electron chi connectivity index (χ3n) is 9.61. The molecule has 0 N–H and O–H groups in total. The molecule has 3 aliphatic carbocycles. The van der Waals surface area contributed by atoms with Crippen LogP contribution in [0.25, 0.3) is 0 Å². The van der Waals surface area contributed by atoms with Crippen molar-refractivity contribution in [2.24, 2.45) is 46.3 Å². The van der Waals surface area contributed by atoms with Gasteiger partial charge < -0.3 is 0 Å². The highest BCUT2D eigenvalue weighted by atomic mass is 14.5. The fourth-order valence-corrected chi connectivity index (χ4v) is 7.98. The maximum absolute atomic E-state index is 2.73. The molecular formula is C30H58. The zero-order valence-corrected chi connectivity index (χ0v) is 21.1. The smallest absolute Gasteiger partial charge is 0.0295 e. The molecule has 0 aliphatic heterocycles. The summed E-state index contributed by atoms with van der Waals surface area (Å²) >= 11 is 0. The summed E-state index contributed by atoms with van der Waals surface area (Å²) in [5.41, 5.74) is 1.16. The molecule has 0 saturated heterocycles. The Balaban J connectivity index is 0.00000320. The zero-order valence-electron chi connectivity index (χ0n) is 21.1. The molecule has 0 bridgehead atoms. The van der Waals surface area contributed by atoms with E-state index in [1.54, 1.807) is 19.3 Å². The second-order valence-electron chi connectivity index (χ2n) is 13.6. The van der Waals surface area contributed by atoms with Crippen LogP contribution in [0.5, 0.6) is 0 Å². The summed E-state index contributed by atoms with van der Waals surface area (Å²) in [7, 11) is 0. The molecule has 178 valence electrons. The van der Waals surface area contributed by atoms with E-state index in [-0.39, 0.29) is 7.43 Å². The van der Waals surface area contributed by atoms with Crippen LogP contribution in [0.4, 0.5) is 0 Å². The summed E-state index contributed by atoms with van der Waals surface area (Å²) in [5.74, 6) is 6.00. The van der Waals surface area contributed by atoms with Gasteiger partial charge >= 0.3 is 0 Å². The van der Waals surface area contributed by atoms with Gasteiger partial charge in [0.05, 0.1) is 0 Å². The SMILES string of the molecule is C.CC(C)C1CCC(CC(C2CCCC(CC(C)(C)C)C2)C2(C)CCCCC2)CC1. The van der Waals surface area contributed by atoms with Crippen molar-refractivity contribution < 1.29 is 0 Å². The van der Waals surface area contributed by atoms with Gasteiger partial charge in [-0.05, 0) is 91.3 Å². The Labute approximate surface area is 191 Å². The summed E-state index contributed by atoms with van der Waals surface area (Å²) in [4.78, 5) is 0. The molecule has 0 aromatic carbocycles. The van der Waals surface area contributed by atoms with Crippen LogP contribution >= 0.6 is 0 Å². The summed E-state index contributed by atoms with van der Waals surface area (Å²) in [5, 5.41) is 0. The van der Waals surface area contributed by atoms with Gasteiger partial charge in [-0.2, -0.15) is 0 Å². The van der Waals surface area contributed by atoms with Gasteiger partial charge in [0.2, 0.25) is 0 Å². The molecule has 0 heteroatoms. The third-order valence-corrected chi connectivity index (χ3v) is 9.61. The molecule has 0 heterocycles. The van der Waals surface area contributed by atoms with Crippen LogP contribution in [0, 0.1) is 46.3 Å². The normalized spacial score (nSPS) is 33.7. The van der Waals surface area contributed by atoms with Crippen LogP contribution < -0.4 is 0 Å². The van der Waals surface area contributed by atoms with Crippen molar-refractivity contribution >= 4 is 0 Å². The average Bonchev–Trinajstić information content (AvgIpc) is 2.66. The summed E-state index contributed by atoms with van der Waals surface area (Å²) < 4.78 is 0. The van der Waals surface area contributed by atoms with Crippen molar-refractivity contribution in [2.45, 2.75) is 145 Å². The van der Waals surface area contributed by atoms with E-state index in [0.717, 1.165) is 35.5 Å². The average molecular weight is 419 g/mol. The van der Waals surface area contributed by atoms with Gasteiger partial charge in [-0.1, -0.05) is 100 Å². The van der Waals surface area contributed by atoms with E-state index in [1.807, 2.05) is 0 Å². The highest BCUT2D eigenvalue weighted by Crippen LogP contribution is 2.53. The van der Waals surface area contributed by atoms with Crippen molar-refractivity contribution in [2.75, 3.05) is 0 Å². The third kappa shape index (κ3) is 7.27. The van der Waals surface area contributed by atoms with E-state index in [9.17, 15) is 0 Å². The Morgan fingerprint density at radius 1 is 0.767 bits per heavy atom. The fourth-order valence-electron chi connectivity index (χ4n) is 7.98. The van der Waals surface area contributed by atoms with E-state index in [0.29, 0.717) is 10.8 Å². The van der Waals surface area contributed by atoms with Crippen LogP contribution in [0.3, 0.4) is 0 Å². The quantitative estimate of drug-likeness (QED) is 0.402. The lowest BCUT2D eigenvalue weighted by Crippen LogP contribution is -2.39. The molecule has 0 radical (unpaired) electrons. The van der Waals surface area contributed by atoms with Crippen LogP contribution in [0.1, 0.15) is 145 Å². The van der Waals surface area contributed by atoms with Gasteiger partial charge in [0.15, 0.2) is 0 Å². The molecule has 0 aromatic rings. The summed E-state index contributed by atoms with van der Waals surface area (Å²) in [6, 6.07) is 0. The van der Waals surface area contributed by atoms with Gasteiger partial charge in [0, 0.05) is 0 Å². The first-order valence-electron chi connectivity index (χ1n) is 13.7. The van der Waals surface area contributed by atoms with Crippen molar-refractivity contribution in [3.05, 3.63) is 0 Å². The van der Waals surface area contributed by atoms with Gasteiger partial charge in [0.25, 0.3) is 0 Å². The van der Waals surface area contributed by atoms with Gasteiger partial charge in [-0.3, -0.25) is 0 Å². The Morgan fingerprint density at radius 3 is 1.97 bits per heavy atom. The Morgan fingerprint density at radius 2 is 1.40 bits per heavy atom. The maximum atomic E-state index is 2.73. The first-order chi connectivity index (χ1) is 13.7. The molecular weight excluding hydrogens is 360 g/mol. The van der Waals surface area contributed by atoms with Gasteiger partial charge in [0.1, 0.15) is 0 Å². The lowest BCUT2D eigenvalue weighted by molar-refractivity contribution is 0.0147. The van der Waals surface area contributed by atoms with Gasteiger partial charge in [-0.15, -0.1) is 0 Å². The topological polar surface area (TPSA) is 0 Å². The highest BCUT2D eigenvalue weighted by Gasteiger charge is 2.43. The van der Waals surface area contributed by atoms with E-state index >= 15 is 0 Å². The Kier molecular flexibility index (Phi) is 9.83. The predicted octanol–water partition coefficient (Wildman–Crippen LogP) is 10.3. The second-order valence-corrected chi connectivity index (χ2v) is 13.6. The Hall–Kier alpha value is 0. The lowest BCUT2D eigenvalue weighted by atomic mass is 9.56. The van der Waals surface area contributed by atoms with Crippen LogP contribution in [-0.2, 0) is 0 Å². The van der Waals surface area contributed by atoms with Crippen molar-refractivity contribution in [1.29, 1.82) is 0 Å². The molecule has 3 aliphatic rings. The first kappa shape index (κ1) is 26.3. The van der Waals surface area contributed by atoms with Crippen molar-refractivity contribution in [3.63, 3.8) is 0 Å². The van der Waals surface area contributed by atoms with E-state index in [4.69, 9.17) is 0 Å². The van der Waals surface area contributed by atoms with E-state index < -0.39 is 0 Å². The standard InChI is InChI=1S/C29H54.CH4/c1-22(2)25-15-13-23(14-16-25)20-27(29(6)17-8-7-9-18-29)26-12-10-11-24(19-26)21-28(3,4)5;/h22-27H,7-21H2,1-6H3;1H4. The first-order valence-corrected chi connectivity index (χ1v) is 13.7.